The second kappa shape index (κ2) is 5.81. The van der Waals surface area contributed by atoms with Gasteiger partial charge in [-0.1, -0.05) is 36.7 Å². The van der Waals surface area contributed by atoms with Crippen LogP contribution in [-0.4, -0.2) is 31.2 Å². The van der Waals surface area contributed by atoms with Crippen LogP contribution in [0.1, 0.15) is 31.9 Å². The Bertz CT molecular complexity index is 448. The molecule has 1 aromatic carbocycles. The highest BCUT2D eigenvalue weighted by Crippen LogP contribution is 2.33. The molecular formula is C15H23BrN2O. The quantitative estimate of drug-likeness (QED) is 0.848. The maximum absolute atomic E-state index is 6.23. The van der Waals surface area contributed by atoms with Gasteiger partial charge in [-0.3, -0.25) is 4.90 Å². The molecule has 0 radical (unpaired) electrons. The topological polar surface area (TPSA) is 38.5 Å². The molecule has 0 unspecified atom stereocenters. The molecule has 0 atom stereocenters. The first-order valence-electron chi connectivity index (χ1n) is 6.76. The van der Waals surface area contributed by atoms with Gasteiger partial charge >= 0.3 is 0 Å². The van der Waals surface area contributed by atoms with E-state index in [9.17, 15) is 0 Å². The Morgan fingerprint density at radius 2 is 1.89 bits per heavy atom. The number of halogens is 1. The van der Waals surface area contributed by atoms with Crippen LogP contribution >= 0.6 is 15.9 Å². The summed E-state index contributed by atoms with van der Waals surface area (Å²) in [6.07, 6.45) is 0. The van der Waals surface area contributed by atoms with Gasteiger partial charge in [0.1, 0.15) is 0 Å². The van der Waals surface area contributed by atoms with Gasteiger partial charge in [0, 0.05) is 29.8 Å². The summed E-state index contributed by atoms with van der Waals surface area (Å²) in [6.45, 7) is 11.1. The molecule has 0 aliphatic carbocycles. The van der Waals surface area contributed by atoms with Crippen molar-refractivity contribution in [1.82, 2.24) is 4.90 Å². The second-order valence-electron chi connectivity index (χ2n) is 6.17. The van der Waals surface area contributed by atoms with Crippen molar-refractivity contribution in [3.63, 3.8) is 0 Å². The Balaban J connectivity index is 2.20. The molecule has 2 N–H and O–H groups in total. The zero-order chi connectivity index (χ0) is 14.0. The summed E-state index contributed by atoms with van der Waals surface area (Å²) in [5, 5.41) is 0. The van der Waals surface area contributed by atoms with Crippen molar-refractivity contribution in [2.24, 2.45) is 0 Å². The first-order chi connectivity index (χ1) is 8.88. The van der Waals surface area contributed by atoms with Crippen LogP contribution in [0.2, 0.25) is 0 Å². The maximum Gasteiger partial charge on any atom is 0.0594 e. The Morgan fingerprint density at radius 1 is 1.26 bits per heavy atom. The van der Waals surface area contributed by atoms with E-state index in [-0.39, 0.29) is 5.41 Å². The van der Waals surface area contributed by atoms with Crippen molar-refractivity contribution in [3.8, 4) is 0 Å². The molecule has 2 rings (SSSR count). The molecule has 106 valence electrons. The number of nitrogens with two attached hydrogens (primary N) is 1. The fourth-order valence-corrected chi connectivity index (χ4v) is 3.33. The van der Waals surface area contributed by atoms with Crippen molar-refractivity contribution in [2.75, 3.05) is 32.0 Å². The SMILES string of the molecule is CC(C)(C)c1cc(N)c(CN2CCOCC2)cc1Br. The van der Waals surface area contributed by atoms with E-state index >= 15 is 0 Å². The summed E-state index contributed by atoms with van der Waals surface area (Å²) in [7, 11) is 0. The highest BCUT2D eigenvalue weighted by Gasteiger charge is 2.20. The van der Waals surface area contributed by atoms with Crippen LogP contribution in [0.4, 0.5) is 5.69 Å². The number of nitrogen functional groups attached to an aromatic ring is 1. The van der Waals surface area contributed by atoms with Crippen molar-refractivity contribution >= 4 is 21.6 Å². The van der Waals surface area contributed by atoms with Gasteiger partial charge < -0.3 is 10.5 Å². The smallest absolute Gasteiger partial charge is 0.0594 e. The van der Waals surface area contributed by atoms with Gasteiger partial charge in [0.15, 0.2) is 0 Å². The number of ether oxygens (including phenoxy) is 1. The van der Waals surface area contributed by atoms with Gasteiger partial charge in [-0.25, -0.2) is 0 Å². The third kappa shape index (κ3) is 3.71. The molecule has 1 aromatic rings. The molecule has 1 aliphatic heterocycles. The highest BCUT2D eigenvalue weighted by molar-refractivity contribution is 9.10. The average molecular weight is 327 g/mol. The lowest BCUT2D eigenvalue weighted by Crippen LogP contribution is -2.35. The number of hydrogen-bond acceptors (Lipinski definition) is 3. The van der Waals surface area contributed by atoms with Gasteiger partial charge in [-0.2, -0.15) is 0 Å². The van der Waals surface area contributed by atoms with Crippen LogP contribution in [-0.2, 0) is 16.7 Å². The number of morpholine rings is 1. The van der Waals surface area contributed by atoms with E-state index in [1.54, 1.807) is 0 Å². The van der Waals surface area contributed by atoms with Gasteiger partial charge in [0.2, 0.25) is 0 Å². The van der Waals surface area contributed by atoms with Gasteiger partial charge in [-0.05, 0) is 28.7 Å². The van der Waals surface area contributed by atoms with Crippen LogP contribution in [0, 0.1) is 0 Å². The minimum atomic E-state index is 0.102. The van der Waals surface area contributed by atoms with Crippen LogP contribution in [0.3, 0.4) is 0 Å². The van der Waals surface area contributed by atoms with Gasteiger partial charge in [0.05, 0.1) is 13.2 Å². The Hall–Kier alpha value is -0.580. The minimum Gasteiger partial charge on any atom is -0.398 e. The van der Waals surface area contributed by atoms with Crippen LogP contribution < -0.4 is 5.73 Å². The number of hydrogen-bond donors (Lipinski definition) is 1. The highest BCUT2D eigenvalue weighted by atomic mass is 79.9. The molecule has 3 nitrogen and oxygen atoms in total. The van der Waals surface area contributed by atoms with E-state index in [0.717, 1.165) is 43.0 Å². The predicted molar refractivity (Wildman–Crippen MR) is 83.4 cm³/mol. The fourth-order valence-electron chi connectivity index (χ4n) is 2.34. The molecule has 1 fully saturated rings. The molecule has 0 bridgehead atoms. The summed E-state index contributed by atoms with van der Waals surface area (Å²) >= 11 is 3.68. The summed E-state index contributed by atoms with van der Waals surface area (Å²) in [6, 6.07) is 4.28. The number of benzene rings is 1. The zero-order valence-electron chi connectivity index (χ0n) is 12.0. The fraction of sp³-hybridized carbons (Fsp3) is 0.600. The Morgan fingerprint density at radius 3 is 2.47 bits per heavy atom. The third-order valence-electron chi connectivity index (χ3n) is 3.53. The number of nitrogens with zero attached hydrogens (tertiary/aromatic N) is 1. The molecular weight excluding hydrogens is 304 g/mol. The van der Waals surface area contributed by atoms with Gasteiger partial charge in [-0.15, -0.1) is 0 Å². The lowest BCUT2D eigenvalue weighted by Gasteiger charge is -2.28. The van der Waals surface area contributed by atoms with Gasteiger partial charge in [0.25, 0.3) is 0 Å². The van der Waals surface area contributed by atoms with Crippen LogP contribution in [0.15, 0.2) is 16.6 Å². The molecule has 4 heteroatoms. The molecule has 1 heterocycles. The van der Waals surface area contributed by atoms with E-state index in [0.29, 0.717) is 0 Å². The lowest BCUT2D eigenvalue weighted by molar-refractivity contribution is 0.0342. The first kappa shape index (κ1) is 14.8. The predicted octanol–water partition coefficient (Wildman–Crippen LogP) is 3.16. The van der Waals surface area contributed by atoms with E-state index < -0.39 is 0 Å². The molecule has 19 heavy (non-hydrogen) atoms. The van der Waals surface area contributed by atoms with Crippen LogP contribution in [0.25, 0.3) is 0 Å². The van der Waals surface area contributed by atoms with Crippen molar-refractivity contribution in [1.29, 1.82) is 0 Å². The Kier molecular flexibility index (Phi) is 4.54. The molecule has 0 aromatic heterocycles. The summed E-state index contributed by atoms with van der Waals surface area (Å²) in [4.78, 5) is 2.39. The van der Waals surface area contributed by atoms with Crippen molar-refractivity contribution in [3.05, 3.63) is 27.7 Å². The average Bonchev–Trinajstić information content (AvgIpc) is 2.33. The van der Waals surface area contributed by atoms with Crippen molar-refractivity contribution < 1.29 is 4.74 Å². The summed E-state index contributed by atoms with van der Waals surface area (Å²) in [5.74, 6) is 0. The summed E-state index contributed by atoms with van der Waals surface area (Å²) in [5.41, 5.74) is 9.67. The second-order valence-corrected chi connectivity index (χ2v) is 7.02. The van der Waals surface area contributed by atoms with E-state index in [4.69, 9.17) is 10.5 Å². The largest absolute Gasteiger partial charge is 0.398 e. The molecule has 0 spiro atoms. The summed E-state index contributed by atoms with van der Waals surface area (Å²) < 4.78 is 6.52. The van der Waals surface area contributed by atoms with E-state index in [2.05, 4.69) is 53.7 Å². The standard InChI is InChI=1S/C15H23BrN2O/c1-15(2,3)12-9-14(17)11(8-13(12)16)10-18-4-6-19-7-5-18/h8-9H,4-7,10,17H2,1-3H3. The van der Waals surface area contributed by atoms with Crippen LogP contribution in [0.5, 0.6) is 0 Å². The molecule has 0 amide bonds. The number of anilines is 1. The normalized spacial score (nSPS) is 17.7. The third-order valence-corrected chi connectivity index (χ3v) is 4.19. The van der Waals surface area contributed by atoms with E-state index in [1.807, 2.05) is 0 Å². The van der Waals surface area contributed by atoms with E-state index in [1.165, 1.54) is 11.1 Å². The molecule has 0 saturated carbocycles. The molecule has 1 saturated heterocycles. The number of rotatable bonds is 2. The zero-order valence-corrected chi connectivity index (χ0v) is 13.6. The first-order valence-corrected chi connectivity index (χ1v) is 7.55. The minimum absolute atomic E-state index is 0.102. The lowest BCUT2D eigenvalue weighted by atomic mass is 9.86. The monoisotopic (exact) mass is 326 g/mol. The maximum atomic E-state index is 6.23. The van der Waals surface area contributed by atoms with Crippen molar-refractivity contribution in [2.45, 2.75) is 32.7 Å². The Labute approximate surface area is 124 Å². The molecule has 1 aliphatic rings.